The third-order valence-corrected chi connectivity index (χ3v) is 2.87. The fraction of sp³-hybridized carbons (Fsp3) is 0.308. The van der Waals surface area contributed by atoms with Gasteiger partial charge in [-0.3, -0.25) is 0 Å². The van der Waals surface area contributed by atoms with Gasteiger partial charge in [0.2, 0.25) is 0 Å². The van der Waals surface area contributed by atoms with Crippen molar-refractivity contribution >= 4 is 5.69 Å². The lowest BCUT2D eigenvalue weighted by atomic mass is 10.2. The second kappa shape index (κ2) is 4.00. The number of aromatic nitrogens is 2. The molecule has 0 aliphatic carbocycles. The van der Waals surface area contributed by atoms with E-state index in [0.29, 0.717) is 0 Å². The van der Waals surface area contributed by atoms with E-state index < -0.39 is 0 Å². The first-order valence-corrected chi connectivity index (χ1v) is 5.38. The van der Waals surface area contributed by atoms with Crippen LogP contribution in [-0.2, 0) is 0 Å². The summed E-state index contributed by atoms with van der Waals surface area (Å²) in [5, 5.41) is 0. The van der Waals surface area contributed by atoms with Gasteiger partial charge < -0.3 is 9.47 Å². The Morgan fingerprint density at radius 1 is 1.12 bits per heavy atom. The highest BCUT2D eigenvalue weighted by Gasteiger charge is 2.09. The highest BCUT2D eigenvalue weighted by atomic mass is 15.1. The Kier molecular flexibility index (Phi) is 2.69. The van der Waals surface area contributed by atoms with Crippen LogP contribution in [0.4, 0.5) is 5.69 Å². The Labute approximate surface area is 96.3 Å². The predicted octanol–water partition coefficient (Wildman–Crippen LogP) is 2.56. The van der Waals surface area contributed by atoms with E-state index in [0.717, 1.165) is 5.69 Å². The van der Waals surface area contributed by atoms with Crippen LogP contribution in [0.2, 0.25) is 0 Å². The number of aryl methyl sites for hydroxylation is 1. The first-order chi connectivity index (χ1) is 7.61. The standard InChI is InChI=1S/C13H17N3/c1-10-11(2)16(9-14-10)13-8-6-5-7-12(13)15(3)4/h5-9H,1-4H3. The van der Waals surface area contributed by atoms with Gasteiger partial charge in [0, 0.05) is 19.8 Å². The maximum atomic E-state index is 4.34. The molecule has 84 valence electrons. The summed E-state index contributed by atoms with van der Waals surface area (Å²) in [7, 11) is 4.11. The molecule has 2 aromatic rings. The van der Waals surface area contributed by atoms with Crippen LogP contribution in [0.15, 0.2) is 30.6 Å². The van der Waals surface area contributed by atoms with Crippen molar-refractivity contribution in [2.75, 3.05) is 19.0 Å². The number of nitrogens with zero attached hydrogens (tertiary/aromatic N) is 3. The minimum atomic E-state index is 1.08. The first-order valence-electron chi connectivity index (χ1n) is 5.38. The SMILES string of the molecule is Cc1ncn(-c2ccccc2N(C)C)c1C. The molecule has 0 spiro atoms. The number of anilines is 1. The Morgan fingerprint density at radius 3 is 2.38 bits per heavy atom. The molecular formula is C13H17N3. The largest absolute Gasteiger partial charge is 0.376 e. The quantitative estimate of drug-likeness (QED) is 0.767. The summed E-state index contributed by atoms with van der Waals surface area (Å²) in [6.07, 6.45) is 1.88. The van der Waals surface area contributed by atoms with E-state index in [-0.39, 0.29) is 0 Å². The molecule has 0 amide bonds. The molecule has 0 saturated heterocycles. The molecule has 0 atom stereocenters. The minimum Gasteiger partial charge on any atom is -0.376 e. The van der Waals surface area contributed by atoms with E-state index in [4.69, 9.17) is 0 Å². The topological polar surface area (TPSA) is 21.1 Å². The molecule has 0 fully saturated rings. The number of para-hydroxylation sites is 2. The summed E-state index contributed by atoms with van der Waals surface area (Å²) in [4.78, 5) is 6.45. The van der Waals surface area contributed by atoms with Crippen molar-refractivity contribution in [1.82, 2.24) is 9.55 Å². The molecule has 0 saturated carbocycles. The van der Waals surface area contributed by atoms with Gasteiger partial charge >= 0.3 is 0 Å². The van der Waals surface area contributed by atoms with Crippen LogP contribution in [0.5, 0.6) is 0 Å². The van der Waals surface area contributed by atoms with E-state index in [1.807, 2.05) is 13.3 Å². The van der Waals surface area contributed by atoms with Crippen molar-refractivity contribution in [2.45, 2.75) is 13.8 Å². The number of hydrogen-bond donors (Lipinski definition) is 0. The Morgan fingerprint density at radius 2 is 1.81 bits per heavy atom. The Balaban J connectivity index is 2.60. The number of imidazole rings is 1. The average Bonchev–Trinajstić information content (AvgIpc) is 2.60. The van der Waals surface area contributed by atoms with Gasteiger partial charge in [-0.05, 0) is 26.0 Å². The Bertz CT molecular complexity index is 498. The van der Waals surface area contributed by atoms with Gasteiger partial charge in [0.1, 0.15) is 0 Å². The molecule has 0 aliphatic rings. The molecule has 3 heteroatoms. The monoisotopic (exact) mass is 215 g/mol. The number of hydrogen-bond acceptors (Lipinski definition) is 2. The maximum Gasteiger partial charge on any atom is 0.0998 e. The summed E-state index contributed by atoms with van der Waals surface area (Å²) in [6, 6.07) is 8.34. The van der Waals surface area contributed by atoms with Crippen molar-refractivity contribution in [3.8, 4) is 5.69 Å². The molecule has 0 aliphatic heterocycles. The van der Waals surface area contributed by atoms with E-state index in [1.165, 1.54) is 17.1 Å². The molecule has 1 aromatic carbocycles. The average molecular weight is 215 g/mol. The van der Waals surface area contributed by atoms with Gasteiger partial charge in [-0.15, -0.1) is 0 Å². The summed E-state index contributed by atoms with van der Waals surface area (Å²) < 4.78 is 2.13. The molecule has 1 heterocycles. The summed E-state index contributed by atoms with van der Waals surface area (Å²) in [5.74, 6) is 0. The van der Waals surface area contributed by atoms with Crippen LogP contribution in [0.1, 0.15) is 11.4 Å². The third-order valence-electron chi connectivity index (χ3n) is 2.87. The van der Waals surface area contributed by atoms with Crippen molar-refractivity contribution in [2.24, 2.45) is 0 Å². The van der Waals surface area contributed by atoms with Crippen molar-refractivity contribution in [1.29, 1.82) is 0 Å². The van der Waals surface area contributed by atoms with Crippen LogP contribution < -0.4 is 4.90 Å². The molecular weight excluding hydrogens is 198 g/mol. The lowest BCUT2D eigenvalue weighted by Gasteiger charge is -2.18. The lowest BCUT2D eigenvalue weighted by molar-refractivity contribution is 0.981. The van der Waals surface area contributed by atoms with E-state index in [2.05, 4.69) is 59.7 Å². The van der Waals surface area contributed by atoms with E-state index >= 15 is 0 Å². The van der Waals surface area contributed by atoms with E-state index in [1.54, 1.807) is 0 Å². The van der Waals surface area contributed by atoms with Crippen molar-refractivity contribution < 1.29 is 0 Å². The normalized spacial score (nSPS) is 10.5. The van der Waals surface area contributed by atoms with Gasteiger partial charge in [0.25, 0.3) is 0 Å². The zero-order valence-electron chi connectivity index (χ0n) is 10.2. The molecule has 3 nitrogen and oxygen atoms in total. The predicted molar refractivity (Wildman–Crippen MR) is 67.4 cm³/mol. The van der Waals surface area contributed by atoms with Crippen LogP contribution in [0, 0.1) is 13.8 Å². The van der Waals surface area contributed by atoms with Crippen LogP contribution in [0.25, 0.3) is 5.69 Å². The zero-order chi connectivity index (χ0) is 11.7. The zero-order valence-corrected chi connectivity index (χ0v) is 10.2. The van der Waals surface area contributed by atoms with Crippen LogP contribution in [-0.4, -0.2) is 23.6 Å². The fourth-order valence-electron chi connectivity index (χ4n) is 1.79. The molecule has 16 heavy (non-hydrogen) atoms. The summed E-state index contributed by atoms with van der Waals surface area (Å²) in [5.41, 5.74) is 4.64. The van der Waals surface area contributed by atoms with E-state index in [9.17, 15) is 0 Å². The molecule has 0 bridgehead atoms. The van der Waals surface area contributed by atoms with Crippen molar-refractivity contribution in [3.63, 3.8) is 0 Å². The second-order valence-electron chi connectivity index (χ2n) is 4.17. The van der Waals surface area contributed by atoms with Gasteiger partial charge in [-0.1, -0.05) is 12.1 Å². The van der Waals surface area contributed by atoms with Gasteiger partial charge in [0.15, 0.2) is 0 Å². The fourth-order valence-corrected chi connectivity index (χ4v) is 1.79. The highest BCUT2D eigenvalue weighted by Crippen LogP contribution is 2.24. The maximum absolute atomic E-state index is 4.34. The summed E-state index contributed by atoms with van der Waals surface area (Å²) in [6.45, 7) is 4.12. The first kappa shape index (κ1) is 10.7. The van der Waals surface area contributed by atoms with Gasteiger partial charge in [-0.2, -0.15) is 0 Å². The van der Waals surface area contributed by atoms with Gasteiger partial charge in [-0.25, -0.2) is 4.98 Å². The van der Waals surface area contributed by atoms with Gasteiger partial charge in [0.05, 0.1) is 23.4 Å². The number of rotatable bonds is 2. The molecule has 1 aromatic heterocycles. The molecule has 2 rings (SSSR count). The molecule has 0 unspecified atom stereocenters. The molecule has 0 N–H and O–H groups in total. The lowest BCUT2D eigenvalue weighted by Crippen LogP contribution is -2.12. The van der Waals surface area contributed by atoms with Crippen LogP contribution >= 0.6 is 0 Å². The highest BCUT2D eigenvalue weighted by molar-refractivity contribution is 5.62. The Hall–Kier alpha value is -1.77. The van der Waals surface area contributed by atoms with Crippen molar-refractivity contribution in [3.05, 3.63) is 42.0 Å². The smallest absolute Gasteiger partial charge is 0.0998 e. The second-order valence-corrected chi connectivity index (χ2v) is 4.17. The van der Waals surface area contributed by atoms with Crippen LogP contribution in [0.3, 0.4) is 0 Å². The molecule has 0 radical (unpaired) electrons. The number of benzene rings is 1. The summed E-state index contributed by atoms with van der Waals surface area (Å²) >= 11 is 0. The third kappa shape index (κ3) is 1.69. The minimum absolute atomic E-state index is 1.08.